The minimum Gasteiger partial charge on any atom is -0.478 e. The van der Waals surface area contributed by atoms with E-state index >= 15 is 0 Å². The maximum Gasteiger partial charge on any atom is 0.335 e. The second-order valence-corrected chi connectivity index (χ2v) is 6.35. The number of carboxylic acids is 1. The number of aryl methyl sites for hydroxylation is 1. The number of benzene rings is 1. The molecule has 2 atom stereocenters. The zero-order valence-corrected chi connectivity index (χ0v) is 13.2. The van der Waals surface area contributed by atoms with Gasteiger partial charge in [-0.1, -0.05) is 25.0 Å². The molecule has 1 aromatic rings. The summed E-state index contributed by atoms with van der Waals surface area (Å²) in [6.07, 6.45) is 5.80. The lowest BCUT2D eigenvalue weighted by atomic mass is 9.90. The van der Waals surface area contributed by atoms with Gasteiger partial charge in [0, 0.05) is 13.0 Å². The molecule has 1 aliphatic carbocycles. The molecule has 0 bridgehead atoms. The second kappa shape index (κ2) is 7.13. The number of nitrogens with zero attached hydrogens (tertiary/aromatic N) is 1. The molecule has 124 valence electrons. The van der Waals surface area contributed by atoms with Gasteiger partial charge in [0.2, 0.25) is 5.91 Å². The Labute approximate surface area is 136 Å². The topological polar surface area (TPSA) is 66.8 Å². The number of hydrogen-bond donors (Lipinski definition) is 1. The SMILES string of the molecule is O=C(O)c1ccc(CCC(=O)N2CCO[C@@H]3CCCC[C@H]32)cc1. The van der Waals surface area contributed by atoms with Crippen LogP contribution in [0.2, 0.25) is 0 Å². The number of carbonyl (C=O) groups excluding carboxylic acids is 1. The number of morpholine rings is 1. The first-order valence-electron chi connectivity index (χ1n) is 8.38. The molecule has 0 radical (unpaired) electrons. The number of rotatable bonds is 4. The van der Waals surface area contributed by atoms with Crippen LogP contribution in [0.4, 0.5) is 0 Å². The van der Waals surface area contributed by atoms with E-state index in [1.165, 1.54) is 12.8 Å². The maximum absolute atomic E-state index is 12.6. The fourth-order valence-corrected chi connectivity index (χ4v) is 3.61. The number of fused-ring (bicyclic) bond motifs is 1. The highest BCUT2D eigenvalue weighted by Gasteiger charge is 2.36. The van der Waals surface area contributed by atoms with Crippen LogP contribution in [0, 0.1) is 0 Å². The molecule has 23 heavy (non-hydrogen) atoms. The molecule has 1 aromatic carbocycles. The Morgan fingerprint density at radius 3 is 2.65 bits per heavy atom. The van der Waals surface area contributed by atoms with Gasteiger partial charge in [-0.2, -0.15) is 0 Å². The molecule has 0 unspecified atom stereocenters. The van der Waals surface area contributed by atoms with Gasteiger partial charge in [-0.05, 0) is 37.0 Å². The third-order valence-electron chi connectivity index (χ3n) is 4.88. The van der Waals surface area contributed by atoms with Gasteiger partial charge in [-0.3, -0.25) is 4.79 Å². The van der Waals surface area contributed by atoms with Crippen molar-refractivity contribution in [1.82, 2.24) is 4.90 Å². The molecule has 5 heteroatoms. The molecular formula is C18H23NO4. The summed E-state index contributed by atoms with van der Waals surface area (Å²) < 4.78 is 5.81. The third-order valence-corrected chi connectivity index (χ3v) is 4.88. The lowest BCUT2D eigenvalue weighted by molar-refractivity contribution is -0.149. The van der Waals surface area contributed by atoms with E-state index in [9.17, 15) is 9.59 Å². The molecule has 2 aliphatic rings. The molecule has 1 saturated heterocycles. The zero-order valence-electron chi connectivity index (χ0n) is 13.2. The summed E-state index contributed by atoms with van der Waals surface area (Å²) in [7, 11) is 0. The van der Waals surface area contributed by atoms with Crippen LogP contribution in [-0.2, 0) is 16.0 Å². The van der Waals surface area contributed by atoms with Gasteiger partial charge >= 0.3 is 5.97 Å². The van der Waals surface area contributed by atoms with Crippen molar-refractivity contribution in [3.05, 3.63) is 35.4 Å². The Morgan fingerprint density at radius 2 is 1.91 bits per heavy atom. The lowest BCUT2D eigenvalue weighted by Crippen LogP contribution is -2.54. The molecule has 0 spiro atoms. The fourth-order valence-electron chi connectivity index (χ4n) is 3.61. The van der Waals surface area contributed by atoms with E-state index in [-0.39, 0.29) is 23.6 Å². The van der Waals surface area contributed by atoms with Gasteiger partial charge in [-0.25, -0.2) is 4.79 Å². The van der Waals surface area contributed by atoms with Crippen molar-refractivity contribution in [3.8, 4) is 0 Å². The van der Waals surface area contributed by atoms with Crippen molar-refractivity contribution in [2.75, 3.05) is 13.2 Å². The molecule has 1 aliphatic heterocycles. The summed E-state index contributed by atoms with van der Waals surface area (Å²) in [6.45, 7) is 1.33. The van der Waals surface area contributed by atoms with Crippen LogP contribution in [0.5, 0.6) is 0 Å². The molecule has 1 saturated carbocycles. The average molecular weight is 317 g/mol. The Balaban J connectivity index is 1.57. The van der Waals surface area contributed by atoms with Crippen molar-refractivity contribution in [2.24, 2.45) is 0 Å². The quantitative estimate of drug-likeness (QED) is 0.926. The summed E-state index contributed by atoms with van der Waals surface area (Å²) in [6, 6.07) is 7.01. The van der Waals surface area contributed by atoms with Crippen LogP contribution >= 0.6 is 0 Å². The van der Waals surface area contributed by atoms with Gasteiger partial charge in [0.05, 0.1) is 24.3 Å². The van der Waals surface area contributed by atoms with Crippen LogP contribution < -0.4 is 0 Å². The molecule has 2 fully saturated rings. The first-order valence-corrected chi connectivity index (χ1v) is 8.38. The minimum atomic E-state index is -0.927. The molecule has 1 amide bonds. The van der Waals surface area contributed by atoms with E-state index in [1.807, 2.05) is 4.90 Å². The molecule has 3 rings (SSSR count). The predicted octanol–water partition coefficient (Wildman–Crippen LogP) is 2.49. The average Bonchev–Trinajstić information content (AvgIpc) is 2.59. The first kappa shape index (κ1) is 16.0. The van der Waals surface area contributed by atoms with E-state index in [0.717, 1.165) is 18.4 Å². The number of carboxylic acid groups (broad SMARTS) is 1. The van der Waals surface area contributed by atoms with Gasteiger partial charge in [0.25, 0.3) is 0 Å². The molecule has 1 N–H and O–H groups in total. The van der Waals surface area contributed by atoms with Crippen LogP contribution in [0.1, 0.15) is 48.0 Å². The Kier molecular flexibility index (Phi) is 4.96. The highest BCUT2D eigenvalue weighted by molar-refractivity contribution is 5.87. The van der Waals surface area contributed by atoms with Gasteiger partial charge < -0.3 is 14.7 Å². The van der Waals surface area contributed by atoms with E-state index in [2.05, 4.69) is 0 Å². The molecule has 0 aromatic heterocycles. The number of carbonyl (C=O) groups is 2. The van der Waals surface area contributed by atoms with Crippen molar-refractivity contribution in [1.29, 1.82) is 0 Å². The first-order chi connectivity index (χ1) is 11.1. The Bertz CT molecular complexity index is 567. The van der Waals surface area contributed by atoms with E-state index < -0.39 is 5.97 Å². The molecule has 1 heterocycles. The number of aromatic carboxylic acids is 1. The minimum absolute atomic E-state index is 0.188. The van der Waals surface area contributed by atoms with Crippen LogP contribution in [0.25, 0.3) is 0 Å². The van der Waals surface area contributed by atoms with Crippen LogP contribution in [0.3, 0.4) is 0 Å². The second-order valence-electron chi connectivity index (χ2n) is 6.35. The summed E-state index contributed by atoms with van der Waals surface area (Å²) in [4.78, 5) is 25.4. The maximum atomic E-state index is 12.6. The fraction of sp³-hybridized carbons (Fsp3) is 0.556. The number of hydrogen-bond acceptors (Lipinski definition) is 3. The van der Waals surface area contributed by atoms with Gasteiger partial charge in [0.1, 0.15) is 0 Å². The summed E-state index contributed by atoms with van der Waals surface area (Å²) >= 11 is 0. The number of ether oxygens (including phenoxy) is 1. The highest BCUT2D eigenvalue weighted by atomic mass is 16.5. The van der Waals surface area contributed by atoms with Crippen LogP contribution in [-0.4, -0.2) is 47.2 Å². The lowest BCUT2D eigenvalue weighted by Gasteiger charge is -2.43. The highest BCUT2D eigenvalue weighted by Crippen LogP contribution is 2.29. The predicted molar refractivity (Wildman–Crippen MR) is 85.4 cm³/mol. The Hall–Kier alpha value is -1.88. The molecular weight excluding hydrogens is 294 g/mol. The van der Waals surface area contributed by atoms with Gasteiger partial charge in [0.15, 0.2) is 0 Å². The van der Waals surface area contributed by atoms with Crippen molar-refractivity contribution >= 4 is 11.9 Å². The summed E-state index contributed by atoms with van der Waals surface area (Å²) in [5.74, 6) is -0.739. The summed E-state index contributed by atoms with van der Waals surface area (Å²) in [5, 5.41) is 8.90. The number of amides is 1. The monoisotopic (exact) mass is 317 g/mol. The third kappa shape index (κ3) is 3.72. The standard InChI is InChI=1S/C18H23NO4/c20-17(10-7-13-5-8-14(9-6-13)18(21)22)19-11-12-23-16-4-2-1-3-15(16)19/h5-6,8-9,15-16H,1-4,7,10-12H2,(H,21,22)/t15-,16-/m1/s1. The Morgan fingerprint density at radius 1 is 1.17 bits per heavy atom. The van der Waals surface area contributed by atoms with Gasteiger partial charge in [-0.15, -0.1) is 0 Å². The largest absolute Gasteiger partial charge is 0.478 e. The van der Waals surface area contributed by atoms with Crippen LogP contribution in [0.15, 0.2) is 24.3 Å². The van der Waals surface area contributed by atoms with Crippen molar-refractivity contribution < 1.29 is 19.4 Å². The van der Waals surface area contributed by atoms with Crippen molar-refractivity contribution in [3.63, 3.8) is 0 Å². The van der Waals surface area contributed by atoms with E-state index in [4.69, 9.17) is 9.84 Å². The normalized spacial score (nSPS) is 24.1. The molecule has 5 nitrogen and oxygen atoms in total. The van der Waals surface area contributed by atoms with Crippen molar-refractivity contribution in [2.45, 2.75) is 50.7 Å². The zero-order chi connectivity index (χ0) is 16.2. The van der Waals surface area contributed by atoms with E-state index in [0.29, 0.717) is 26.0 Å². The van der Waals surface area contributed by atoms with E-state index in [1.54, 1.807) is 24.3 Å². The smallest absolute Gasteiger partial charge is 0.335 e. The summed E-state index contributed by atoms with van der Waals surface area (Å²) in [5.41, 5.74) is 1.27.